The van der Waals surface area contributed by atoms with Crippen LogP contribution in [0.1, 0.15) is 56.7 Å². The largest absolute Gasteiger partial charge is 0.303 e. The molecule has 1 heterocycles. The topological polar surface area (TPSA) is 44.2 Å². The minimum atomic E-state index is -0.600. The van der Waals surface area contributed by atoms with E-state index in [1.165, 1.54) is 22.6 Å². The molecule has 4 heteroatoms. The van der Waals surface area contributed by atoms with E-state index in [1.807, 2.05) is 19.1 Å². The fraction of sp³-hybridized carbons (Fsp3) is 0.391. The molecule has 1 N–H and O–H groups in total. The third kappa shape index (κ3) is 3.41. The van der Waals surface area contributed by atoms with Crippen LogP contribution in [0, 0.1) is 11.2 Å². The van der Waals surface area contributed by atoms with E-state index in [2.05, 4.69) is 32.9 Å². The van der Waals surface area contributed by atoms with Gasteiger partial charge in [-0.2, -0.15) is 0 Å². The SMILES string of the molecule is CN1C(=N)C[C@](C)(c2ccc(F)cc2)[C@@H](c2ccc(C(C)(C)C)cc2)C1=O. The fourth-order valence-electron chi connectivity index (χ4n) is 3.95. The van der Waals surface area contributed by atoms with Crippen molar-refractivity contribution < 1.29 is 9.18 Å². The Kier molecular flexibility index (Phi) is 4.71. The number of carbonyl (C=O) groups excluding carboxylic acids is 1. The molecule has 2 atom stereocenters. The summed E-state index contributed by atoms with van der Waals surface area (Å²) in [5.41, 5.74) is 2.45. The third-order valence-electron chi connectivity index (χ3n) is 5.77. The van der Waals surface area contributed by atoms with E-state index in [-0.39, 0.29) is 23.0 Å². The molecule has 0 spiro atoms. The highest BCUT2D eigenvalue weighted by atomic mass is 19.1. The van der Waals surface area contributed by atoms with Crippen molar-refractivity contribution in [2.75, 3.05) is 7.05 Å². The highest BCUT2D eigenvalue weighted by Gasteiger charge is 2.48. The molecule has 3 rings (SSSR count). The maximum absolute atomic E-state index is 13.5. The van der Waals surface area contributed by atoms with E-state index in [0.717, 1.165) is 11.1 Å². The Balaban J connectivity index is 2.11. The Labute approximate surface area is 160 Å². The van der Waals surface area contributed by atoms with Crippen molar-refractivity contribution in [3.8, 4) is 0 Å². The van der Waals surface area contributed by atoms with Gasteiger partial charge < -0.3 is 4.90 Å². The number of benzene rings is 2. The van der Waals surface area contributed by atoms with Crippen molar-refractivity contribution in [3.05, 3.63) is 71.0 Å². The number of hydrogen-bond acceptors (Lipinski definition) is 2. The average Bonchev–Trinajstić information content (AvgIpc) is 2.60. The molecule has 27 heavy (non-hydrogen) atoms. The van der Waals surface area contributed by atoms with Crippen LogP contribution in [0.5, 0.6) is 0 Å². The monoisotopic (exact) mass is 366 g/mol. The second kappa shape index (κ2) is 6.59. The molecule has 3 nitrogen and oxygen atoms in total. The molecule has 1 aliphatic rings. The van der Waals surface area contributed by atoms with Crippen LogP contribution in [0.2, 0.25) is 0 Å². The predicted molar refractivity (Wildman–Crippen MR) is 107 cm³/mol. The van der Waals surface area contributed by atoms with Gasteiger partial charge in [0, 0.05) is 18.9 Å². The number of halogens is 1. The Morgan fingerprint density at radius 1 is 1.07 bits per heavy atom. The number of rotatable bonds is 2. The maximum Gasteiger partial charge on any atom is 0.236 e. The van der Waals surface area contributed by atoms with E-state index in [9.17, 15) is 9.18 Å². The van der Waals surface area contributed by atoms with Crippen molar-refractivity contribution in [1.29, 1.82) is 5.41 Å². The summed E-state index contributed by atoms with van der Waals surface area (Å²) in [5.74, 6) is -0.533. The summed E-state index contributed by atoms with van der Waals surface area (Å²) in [6.45, 7) is 8.48. The van der Waals surface area contributed by atoms with E-state index in [1.54, 1.807) is 19.2 Å². The first kappa shape index (κ1) is 19.3. The smallest absolute Gasteiger partial charge is 0.236 e. The van der Waals surface area contributed by atoms with Gasteiger partial charge in [-0.05, 0) is 34.2 Å². The van der Waals surface area contributed by atoms with Gasteiger partial charge in [-0.1, -0.05) is 64.1 Å². The van der Waals surface area contributed by atoms with Gasteiger partial charge in [-0.15, -0.1) is 0 Å². The number of hydrogen-bond donors (Lipinski definition) is 1. The molecular weight excluding hydrogens is 339 g/mol. The summed E-state index contributed by atoms with van der Waals surface area (Å²) in [7, 11) is 1.66. The van der Waals surface area contributed by atoms with E-state index < -0.39 is 11.3 Å². The van der Waals surface area contributed by atoms with Crippen molar-refractivity contribution in [2.45, 2.75) is 50.9 Å². The standard InChI is InChI=1S/C23H27FN2O/c1-22(2,3)16-8-6-15(7-9-16)20-21(27)26(5)19(25)14-23(20,4)17-10-12-18(24)13-11-17/h6-13,20,25H,14H2,1-5H3/t20-,23+/m0/s1. The zero-order valence-electron chi connectivity index (χ0n) is 16.6. The summed E-state index contributed by atoms with van der Waals surface area (Å²) in [4.78, 5) is 14.6. The molecule has 1 saturated heterocycles. The number of amidine groups is 1. The lowest BCUT2D eigenvalue weighted by Gasteiger charge is -2.45. The summed E-state index contributed by atoms with van der Waals surface area (Å²) < 4.78 is 13.5. The van der Waals surface area contributed by atoms with Gasteiger partial charge in [0.2, 0.25) is 5.91 Å². The fourth-order valence-corrected chi connectivity index (χ4v) is 3.95. The van der Waals surface area contributed by atoms with Crippen LogP contribution in [0.3, 0.4) is 0 Å². The number of likely N-dealkylation sites (tertiary alicyclic amines) is 1. The molecule has 0 saturated carbocycles. The second-order valence-electron chi connectivity index (χ2n) is 8.75. The van der Waals surface area contributed by atoms with Crippen LogP contribution in [-0.4, -0.2) is 23.7 Å². The minimum absolute atomic E-state index is 0.0360. The van der Waals surface area contributed by atoms with Crippen molar-refractivity contribution >= 4 is 11.7 Å². The lowest BCUT2D eigenvalue weighted by molar-refractivity contribution is -0.131. The lowest BCUT2D eigenvalue weighted by Crippen LogP contribution is -2.52. The van der Waals surface area contributed by atoms with Crippen molar-refractivity contribution in [2.24, 2.45) is 0 Å². The van der Waals surface area contributed by atoms with Crippen LogP contribution in [-0.2, 0) is 15.6 Å². The molecule has 0 aliphatic carbocycles. The lowest BCUT2D eigenvalue weighted by atomic mass is 9.64. The van der Waals surface area contributed by atoms with Crippen LogP contribution in [0.4, 0.5) is 4.39 Å². The zero-order valence-corrected chi connectivity index (χ0v) is 16.6. The van der Waals surface area contributed by atoms with E-state index >= 15 is 0 Å². The molecule has 0 bridgehead atoms. The van der Waals surface area contributed by atoms with Gasteiger partial charge >= 0.3 is 0 Å². The summed E-state index contributed by atoms with van der Waals surface area (Å²) in [5, 5.41) is 8.27. The highest BCUT2D eigenvalue weighted by Crippen LogP contribution is 2.46. The number of carbonyl (C=O) groups is 1. The zero-order chi connectivity index (χ0) is 20.0. The third-order valence-corrected chi connectivity index (χ3v) is 5.77. The Morgan fingerprint density at radius 2 is 1.63 bits per heavy atom. The first-order valence-electron chi connectivity index (χ1n) is 9.25. The van der Waals surface area contributed by atoms with Gasteiger partial charge in [0.15, 0.2) is 0 Å². The number of nitrogens with zero attached hydrogens (tertiary/aromatic N) is 1. The van der Waals surface area contributed by atoms with Crippen molar-refractivity contribution in [1.82, 2.24) is 4.90 Å². The Hall–Kier alpha value is -2.49. The Morgan fingerprint density at radius 3 is 2.15 bits per heavy atom. The quantitative estimate of drug-likeness (QED) is 0.798. The second-order valence-corrected chi connectivity index (χ2v) is 8.75. The minimum Gasteiger partial charge on any atom is -0.303 e. The molecule has 2 aromatic carbocycles. The predicted octanol–water partition coefficient (Wildman–Crippen LogP) is 5.00. The van der Waals surface area contributed by atoms with Gasteiger partial charge in [0.25, 0.3) is 0 Å². The average molecular weight is 366 g/mol. The van der Waals surface area contributed by atoms with Crippen LogP contribution in [0.15, 0.2) is 48.5 Å². The van der Waals surface area contributed by atoms with Gasteiger partial charge in [-0.3, -0.25) is 10.2 Å². The number of nitrogens with one attached hydrogen (secondary N) is 1. The first-order valence-corrected chi connectivity index (χ1v) is 9.25. The normalized spacial score (nSPS) is 23.6. The molecule has 2 aromatic rings. The Bertz CT molecular complexity index is 865. The number of piperidine rings is 1. The first-order chi connectivity index (χ1) is 12.5. The maximum atomic E-state index is 13.5. The molecular formula is C23H27FN2O. The van der Waals surface area contributed by atoms with Crippen LogP contribution in [0.25, 0.3) is 0 Å². The molecule has 1 amide bonds. The van der Waals surface area contributed by atoms with Crippen molar-refractivity contribution in [3.63, 3.8) is 0 Å². The summed E-state index contributed by atoms with van der Waals surface area (Å²) >= 11 is 0. The van der Waals surface area contributed by atoms with Crippen LogP contribution < -0.4 is 0 Å². The highest BCUT2D eigenvalue weighted by molar-refractivity contribution is 6.04. The molecule has 1 aliphatic heterocycles. The molecule has 1 fully saturated rings. The van der Waals surface area contributed by atoms with Crippen LogP contribution >= 0.6 is 0 Å². The van der Waals surface area contributed by atoms with E-state index in [0.29, 0.717) is 6.42 Å². The molecule has 0 aromatic heterocycles. The van der Waals surface area contributed by atoms with E-state index in [4.69, 9.17) is 5.41 Å². The molecule has 142 valence electrons. The number of amides is 1. The number of likely N-dealkylation sites (N-methyl/N-ethyl adjacent to an activating group) is 1. The summed E-state index contributed by atoms with van der Waals surface area (Å²) in [6.07, 6.45) is 0.423. The van der Waals surface area contributed by atoms with Gasteiger partial charge in [0.1, 0.15) is 11.7 Å². The molecule has 0 unspecified atom stereocenters. The summed E-state index contributed by atoms with van der Waals surface area (Å²) in [6, 6.07) is 14.5. The van der Waals surface area contributed by atoms with Gasteiger partial charge in [0.05, 0.1) is 5.92 Å². The molecule has 0 radical (unpaired) electrons. The van der Waals surface area contributed by atoms with Gasteiger partial charge in [-0.25, -0.2) is 4.39 Å².